The number of benzene rings is 2. The summed E-state index contributed by atoms with van der Waals surface area (Å²) in [6.45, 7) is 3.47. The van der Waals surface area contributed by atoms with E-state index >= 15 is 0 Å². The second kappa shape index (κ2) is 7.27. The van der Waals surface area contributed by atoms with Crippen molar-refractivity contribution in [3.05, 3.63) is 64.8 Å². The van der Waals surface area contributed by atoms with Crippen molar-refractivity contribution >= 4 is 40.5 Å². The molecule has 3 aromatic rings. The Balaban J connectivity index is 1.74. The molecule has 126 valence electrons. The van der Waals surface area contributed by atoms with Gasteiger partial charge in [-0.25, -0.2) is 0 Å². The van der Waals surface area contributed by atoms with Crippen LogP contribution in [-0.2, 0) is 0 Å². The highest BCUT2D eigenvalue weighted by Gasteiger charge is 2.04. The van der Waals surface area contributed by atoms with Crippen LogP contribution in [0.25, 0.3) is 0 Å². The zero-order valence-electron chi connectivity index (χ0n) is 13.7. The molecule has 2 N–H and O–H groups in total. The molecule has 7 heteroatoms. The van der Waals surface area contributed by atoms with Crippen LogP contribution in [0.4, 0.5) is 23.1 Å². The number of aryl methyl sites for hydroxylation is 1. The van der Waals surface area contributed by atoms with Gasteiger partial charge in [0.2, 0.25) is 5.95 Å². The monoisotopic (exact) mass is 353 g/mol. The molecule has 1 heterocycles. The van der Waals surface area contributed by atoms with Crippen molar-refractivity contribution in [2.45, 2.75) is 13.8 Å². The van der Waals surface area contributed by atoms with Gasteiger partial charge in [-0.3, -0.25) is 4.79 Å². The minimum absolute atomic E-state index is 0.0264. The number of anilines is 4. The SMILES string of the molecule is CC(=O)c1ccc(Nc2cnnc(Nc3ccc(C)c(Cl)c3)n2)cc1. The van der Waals surface area contributed by atoms with Gasteiger partial charge in [-0.1, -0.05) is 17.7 Å². The topological polar surface area (TPSA) is 79.8 Å². The van der Waals surface area contributed by atoms with Crippen LogP contribution in [0, 0.1) is 6.92 Å². The van der Waals surface area contributed by atoms with E-state index in [1.54, 1.807) is 18.2 Å². The van der Waals surface area contributed by atoms with E-state index in [4.69, 9.17) is 11.6 Å². The molecule has 0 fully saturated rings. The maximum Gasteiger partial charge on any atom is 0.249 e. The van der Waals surface area contributed by atoms with E-state index in [0.29, 0.717) is 22.4 Å². The number of carbonyl (C=O) groups excluding carboxylic acids is 1. The van der Waals surface area contributed by atoms with E-state index in [2.05, 4.69) is 25.8 Å². The predicted molar refractivity (Wildman–Crippen MR) is 99.0 cm³/mol. The van der Waals surface area contributed by atoms with Crippen molar-refractivity contribution in [3.63, 3.8) is 0 Å². The molecule has 0 bridgehead atoms. The molecule has 0 saturated heterocycles. The number of hydrogen-bond donors (Lipinski definition) is 2. The van der Waals surface area contributed by atoms with Crippen LogP contribution >= 0.6 is 11.6 Å². The molecule has 0 radical (unpaired) electrons. The van der Waals surface area contributed by atoms with Crippen LogP contribution in [0.1, 0.15) is 22.8 Å². The van der Waals surface area contributed by atoms with Gasteiger partial charge in [-0.05, 0) is 55.8 Å². The Kier molecular flexibility index (Phi) is 4.90. The summed E-state index contributed by atoms with van der Waals surface area (Å²) >= 11 is 6.12. The quantitative estimate of drug-likeness (QED) is 0.656. The normalized spacial score (nSPS) is 10.4. The molecule has 2 aromatic carbocycles. The molecule has 0 atom stereocenters. The Hall–Kier alpha value is -2.99. The van der Waals surface area contributed by atoms with Crippen LogP contribution in [0.5, 0.6) is 0 Å². The lowest BCUT2D eigenvalue weighted by molar-refractivity contribution is 0.101. The Morgan fingerprint density at radius 1 is 1.04 bits per heavy atom. The summed E-state index contributed by atoms with van der Waals surface area (Å²) in [7, 11) is 0. The van der Waals surface area contributed by atoms with Gasteiger partial charge in [0.15, 0.2) is 11.6 Å². The molecule has 0 aliphatic rings. The molecule has 0 aliphatic carbocycles. The fraction of sp³-hybridized carbons (Fsp3) is 0.111. The van der Waals surface area contributed by atoms with Crippen molar-refractivity contribution in [3.8, 4) is 0 Å². The second-order valence-corrected chi connectivity index (χ2v) is 5.92. The molecule has 0 aliphatic heterocycles. The number of nitrogens with zero attached hydrogens (tertiary/aromatic N) is 3. The number of halogens is 1. The average molecular weight is 354 g/mol. The third kappa shape index (κ3) is 4.30. The third-order valence-electron chi connectivity index (χ3n) is 3.55. The Labute approximate surface area is 150 Å². The van der Waals surface area contributed by atoms with Gasteiger partial charge < -0.3 is 10.6 Å². The summed E-state index contributed by atoms with van der Waals surface area (Å²) in [6.07, 6.45) is 1.52. The number of rotatable bonds is 5. The fourth-order valence-corrected chi connectivity index (χ4v) is 2.33. The van der Waals surface area contributed by atoms with Crippen LogP contribution in [0.15, 0.2) is 48.7 Å². The number of Topliss-reactive ketones (excluding diaryl/α,β-unsaturated/α-hetero) is 1. The number of aromatic nitrogens is 3. The average Bonchev–Trinajstić information content (AvgIpc) is 2.59. The summed E-state index contributed by atoms with van der Waals surface area (Å²) in [4.78, 5) is 15.7. The van der Waals surface area contributed by atoms with Gasteiger partial charge in [0.1, 0.15) is 0 Å². The van der Waals surface area contributed by atoms with Crippen molar-refractivity contribution < 1.29 is 4.79 Å². The van der Waals surface area contributed by atoms with Gasteiger partial charge in [0, 0.05) is 22.0 Å². The molecule has 3 rings (SSSR count). The first-order valence-corrected chi connectivity index (χ1v) is 8.00. The minimum Gasteiger partial charge on any atom is -0.339 e. The molecular weight excluding hydrogens is 338 g/mol. The summed E-state index contributed by atoms with van der Waals surface area (Å²) in [5, 5.41) is 14.8. The molecule has 0 unspecified atom stereocenters. The van der Waals surface area contributed by atoms with Crippen molar-refractivity contribution in [2.24, 2.45) is 0 Å². The first-order chi connectivity index (χ1) is 12.0. The Morgan fingerprint density at radius 3 is 2.44 bits per heavy atom. The zero-order chi connectivity index (χ0) is 17.8. The maximum absolute atomic E-state index is 11.3. The van der Waals surface area contributed by atoms with E-state index in [0.717, 1.165) is 16.9 Å². The van der Waals surface area contributed by atoms with Crippen LogP contribution in [0.3, 0.4) is 0 Å². The molecular formula is C18H16ClN5O. The van der Waals surface area contributed by atoms with Crippen molar-refractivity contribution in [2.75, 3.05) is 10.6 Å². The molecule has 1 aromatic heterocycles. The summed E-state index contributed by atoms with van der Waals surface area (Å²) < 4.78 is 0. The standard InChI is InChI=1S/C18H16ClN5O/c1-11-3-6-15(9-16(11)19)22-18-23-17(10-20-24-18)21-14-7-4-13(5-8-14)12(2)25/h3-10H,1-2H3,(H2,21,22,23,24). The number of hydrogen-bond acceptors (Lipinski definition) is 6. The lowest BCUT2D eigenvalue weighted by atomic mass is 10.1. The lowest BCUT2D eigenvalue weighted by Gasteiger charge is -2.09. The van der Waals surface area contributed by atoms with E-state index in [1.807, 2.05) is 31.2 Å². The lowest BCUT2D eigenvalue weighted by Crippen LogP contribution is -2.02. The van der Waals surface area contributed by atoms with Crippen molar-refractivity contribution in [1.82, 2.24) is 15.2 Å². The molecule has 0 amide bonds. The highest BCUT2D eigenvalue weighted by Crippen LogP contribution is 2.22. The Bertz CT molecular complexity index is 912. The van der Waals surface area contributed by atoms with Gasteiger partial charge in [0.25, 0.3) is 0 Å². The largest absolute Gasteiger partial charge is 0.339 e. The zero-order valence-corrected chi connectivity index (χ0v) is 14.5. The van der Waals surface area contributed by atoms with E-state index < -0.39 is 0 Å². The maximum atomic E-state index is 11.3. The summed E-state index contributed by atoms with van der Waals surface area (Å²) in [5.41, 5.74) is 3.23. The number of carbonyl (C=O) groups is 1. The number of ketones is 1. The van der Waals surface area contributed by atoms with Crippen LogP contribution < -0.4 is 10.6 Å². The van der Waals surface area contributed by atoms with E-state index in [9.17, 15) is 4.79 Å². The molecule has 0 spiro atoms. The van der Waals surface area contributed by atoms with Gasteiger partial charge in [-0.2, -0.15) is 10.1 Å². The number of nitrogens with one attached hydrogen (secondary N) is 2. The third-order valence-corrected chi connectivity index (χ3v) is 3.96. The van der Waals surface area contributed by atoms with E-state index in [1.165, 1.54) is 13.1 Å². The Morgan fingerprint density at radius 2 is 1.76 bits per heavy atom. The van der Waals surface area contributed by atoms with Gasteiger partial charge >= 0.3 is 0 Å². The molecule has 25 heavy (non-hydrogen) atoms. The van der Waals surface area contributed by atoms with Crippen LogP contribution in [-0.4, -0.2) is 21.0 Å². The van der Waals surface area contributed by atoms with E-state index in [-0.39, 0.29) is 5.78 Å². The minimum atomic E-state index is 0.0264. The highest BCUT2D eigenvalue weighted by atomic mass is 35.5. The van der Waals surface area contributed by atoms with Crippen molar-refractivity contribution in [1.29, 1.82) is 0 Å². The first-order valence-electron chi connectivity index (χ1n) is 7.62. The second-order valence-electron chi connectivity index (χ2n) is 5.51. The highest BCUT2D eigenvalue weighted by molar-refractivity contribution is 6.31. The fourth-order valence-electron chi connectivity index (χ4n) is 2.15. The van der Waals surface area contributed by atoms with Gasteiger partial charge in [-0.15, -0.1) is 5.10 Å². The first kappa shape index (κ1) is 16.9. The predicted octanol–water partition coefficient (Wildman–Crippen LogP) is 4.52. The molecule has 6 nitrogen and oxygen atoms in total. The van der Waals surface area contributed by atoms with Crippen LogP contribution in [0.2, 0.25) is 5.02 Å². The smallest absolute Gasteiger partial charge is 0.249 e. The molecule has 0 saturated carbocycles. The van der Waals surface area contributed by atoms with Gasteiger partial charge in [0.05, 0.1) is 6.20 Å². The summed E-state index contributed by atoms with van der Waals surface area (Å²) in [6, 6.07) is 12.7. The summed E-state index contributed by atoms with van der Waals surface area (Å²) in [5.74, 6) is 0.912.